The monoisotopic (exact) mass is 256 g/mol. The lowest BCUT2D eigenvalue weighted by Crippen LogP contribution is -2.54. The number of hydrogen-bond donors (Lipinski definition) is 2. The summed E-state index contributed by atoms with van der Waals surface area (Å²) in [6.07, 6.45) is 0.974. The van der Waals surface area contributed by atoms with Crippen LogP contribution in [0.5, 0.6) is 0 Å². The van der Waals surface area contributed by atoms with E-state index in [-0.39, 0.29) is 11.9 Å². The van der Waals surface area contributed by atoms with Crippen LogP contribution in [0.1, 0.15) is 20.3 Å². The number of likely N-dealkylation sites (N-methyl/N-ethyl adjacent to an activating group) is 2. The average Bonchev–Trinajstić information content (AvgIpc) is 2.33. The summed E-state index contributed by atoms with van der Waals surface area (Å²) in [5.41, 5.74) is 0. The highest BCUT2D eigenvalue weighted by atomic mass is 16.1. The molecule has 1 rings (SSSR count). The maximum Gasteiger partial charge on any atom is 0.234 e. The smallest absolute Gasteiger partial charge is 0.234 e. The summed E-state index contributed by atoms with van der Waals surface area (Å²) in [7, 11) is 4.30. The Labute approximate surface area is 111 Å². The maximum atomic E-state index is 11.6. The molecule has 1 aliphatic rings. The third-order valence-electron chi connectivity index (χ3n) is 3.67. The molecule has 106 valence electrons. The van der Waals surface area contributed by atoms with Gasteiger partial charge >= 0.3 is 0 Å². The lowest BCUT2D eigenvalue weighted by Gasteiger charge is -2.37. The standard InChI is InChI=1S/C13H28N4O/c1-5-11(2)15-13(18)9-14-8-12-10-16(3)6-7-17(12)4/h11-12,14H,5-10H2,1-4H3,(H,15,18). The zero-order chi connectivity index (χ0) is 13.5. The highest BCUT2D eigenvalue weighted by Crippen LogP contribution is 2.04. The average molecular weight is 256 g/mol. The van der Waals surface area contributed by atoms with Crippen LogP contribution in [-0.2, 0) is 4.79 Å². The Hall–Kier alpha value is -0.650. The molecule has 0 aliphatic carbocycles. The first-order valence-corrected chi connectivity index (χ1v) is 6.91. The Morgan fingerprint density at radius 3 is 2.78 bits per heavy atom. The van der Waals surface area contributed by atoms with Crippen LogP contribution in [0, 0.1) is 0 Å². The first-order chi connectivity index (χ1) is 8.52. The number of piperazine rings is 1. The topological polar surface area (TPSA) is 47.6 Å². The van der Waals surface area contributed by atoms with Crippen molar-refractivity contribution in [1.82, 2.24) is 20.4 Å². The maximum absolute atomic E-state index is 11.6. The minimum atomic E-state index is 0.0937. The molecule has 0 radical (unpaired) electrons. The van der Waals surface area contributed by atoms with Crippen molar-refractivity contribution in [3.05, 3.63) is 0 Å². The first-order valence-electron chi connectivity index (χ1n) is 6.91. The minimum absolute atomic E-state index is 0.0937. The molecule has 1 amide bonds. The van der Waals surface area contributed by atoms with E-state index in [0.29, 0.717) is 12.6 Å². The van der Waals surface area contributed by atoms with Gasteiger partial charge in [-0.05, 0) is 27.4 Å². The molecule has 0 bridgehead atoms. The van der Waals surface area contributed by atoms with Crippen molar-refractivity contribution in [2.24, 2.45) is 0 Å². The summed E-state index contributed by atoms with van der Waals surface area (Å²) >= 11 is 0. The third kappa shape index (κ3) is 5.33. The Kier molecular flexibility index (Phi) is 6.60. The fraction of sp³-hybridized carbons (Fsp3) is 0.923. The number of rotatable bonds is 6. The summed E-state index contributed by atoms with van der Waals surface area (Å²) in [6, 6.07) is 0.767. The van der Waals surface area contributed by atoms with E-state index in [1.165, 1.54) is 0 Å². The SMILES string of the molecule is CCC(C)NC(=O)CNCC1CN(C)CCN1C. The molecule has 1 fully saturated rings. The lowest BCUT2D eigenvalue weighted by atomic mass is 10.2. The van der Waals surface area contributed by atoms with Gasteiger partial charge in [0, 0.05) is 38.3 Å². The molecule has 2 N–H and O–H groups in total. The fourth-order valence-corrected chi connectivity index (χ4v) is 2.10. The van der Waals surface area contributed by atoms with Crippen molar-refractivity contribution < 1.29 is 4.79 Å². The van der Waals surface area contributed by atoms with E-state index in [9.17, 15) is 4.79 Å². The molecule has 2 unspecified atom stereocenters. The number of hydrogen-bond acceptors (Lipinski definition) is 4. The van der Waals surface area contributed by atoms with Gasteiger partial charge in [-0.15, -0.1) is 0 Å². The molecule has 5 heteroatoms. The van der Waals surface area contributed by atoms with Gasteiger partial charge in [0.25, 0.3) is 0 Å². The molecule has 0 spiro atoms. The van der Waals surface area contributed by atoms with Crippen molar-refractivity contribution >= 4 is 5.91 Å². The first kappa shape index (κ1) is 15.4. The van der Waals surface area contributed by atoms with E-state index in [1.807, 2.05) is 6.92 Å². The number of nitrogens with one attached hydrogen (secondary N) is 2. The molecule has 0 aromatic carbocycles. The van der Waals surface area contributed by atoms with Gasteiger partial charge in [0.1, 0.15) is 0 Å². The molecule has 0 aromatic rings. The van der Waals surface area contributed by atoms with Gasteiger partial charge in [-0.2, -0.15) is 0 Å². The molecule has 1 heterocycles. The van der Waals surface area contributed by atoms with Gasteiger partial charge in [0.05, 0.1) is 6.54 Å². The van der Waals surface area contributed by atoms with Crippen LogP contribution in [0.4, 0.5) is 0 Å². The van der Waals surface area contributed by atoms with Gasteiger partial charge in [-0.1, -0.05) is 6.92 Å². The lowest BCUT2D eigenvalue weighted by molar-refractivity contribution is -0.120. The second-order valence-corrected chi connectivity index (χ2v) is 5.40. The van der Waals surface area contributed by atoms with Crippen LogP contribution >= 0.6 is 0 Å². The minimum Gasteiger partial charge on any atom is -0.353 e. The summed E-state index contributed by atoms with van der Waals surface area (Å²) in [6.45, 7) is 8.68. The van der Waals surface area contributed by atoms with E-state index >= 15 is 0 Å². The Balaban J connectivity index is 2.18. The van der Waals surface area contributed by atoms with Crippen molar-refractivity contribution in [2.45, 2.75) is 32.4 Å². The van der Waals surface area contributed by atoms with E-state index in [4.69, 9.17) is 0 Å². The molecule has 2 atom stereocenters. The molecule has 18 heavy (non-hydrogen) atoms. The second kappa shape index (κ2) is 7.71. The van der Waals surface area contributed by atoms with Crippen molar-refractivity contribution in [2.75, 3.05) is 46.8 Å². The summed E-state index contributed by atoms with van der Waals surface area (Å²) in [5.74, 6) is 0.0937. The highest BCUT2D eigenvalue weighted by molar-refractivity contribution is 5.78. The van der Waals surface area contributed by atoms with Crippen molar-refractivity contribution in [3.8, 4) is 0 Å². The number of carbonyl (C=O) groups is 1. The molecular weight excluding hydrogens is 228 g/mol. The van der Waals surface area contributed by atoms with Gasteiger partial charge in [0.15, 0.2) is 0 Å². The second-order valence-electron chi connectivity index (χ2n) is 5.40. The molecular formula is C13H28N4O. The molecule has 5 nitrogen and oxygen atoms in total. The predicted octanol–water partition coefficient (Wildman–Crippen LogP) is -0.263. The highest BCUT2D eigenvalue weighted by Gasteiger charge is 2.21. The Morgan fingerprint density at radius 1 is 1.39 bits per heavy atom. The van der Waals surface area contributed by atoms with Crippen LogP contribution < -0.4 is 10.6 Å². The van der Waals surface area contributed by atoms with Gasteiger partial charge in [-0.3, -0.25) is 9.69 Å². The summed E-state index contributed by atoms with van der Waals surface area (Å²) < 4.78 is 0. The van der Waals surface area contributed by atoms with E-state index < -0.39 is 0 Å². The third-order valence-corrected chi connectivity index (χ3v) is 3.67. The van der Waals surface area contributed by atoms with E-state index in [1.54, 1.807) is 0 Å². The van der Waals surface area contributed by atoms with Crippen LogP contribution in [0.3, 0.4) is 0 Å². The normalized spacial score (nSPS) is 23.9. The zero-order valence-electron chi connectivity index (χ0n) is 12.2. The predicted molar refractivity (Wildman–Crippen MR) is 74.7 cm³/mol. The van der Waals surface area contributed by atoms with Crippen LogP contribution in [0.15, 0.2) is 0 Å². The number of nitrogens with zero attached hydrogens (tertiary/aromatic N) is 2. The van der Waals surface area contributed by atoms with Gasteiger partial charge in [0.2, 0.25) is 5.91 Å². The van der Waals surface area contributed by atoms with Crippen molar-refractivity contribution in [3.63, 3.8) is 0 Å². The largest absolute Gasteiger partial charge is 0.353 e. The van der Waals surface area contributed by atoms with Crippen LogP contribution in [0.2, 0.25) is 0 Å². The Bertz CT molecular complexity index is 259. The van der Waals surface area contributed by atoms with E-state index in [2.05, 4.69) is 41.5 Å². The fourth-order valence-electron chi connectivity index (χ4n) is 2.10. The van der Waals surface area contributed by atoms with Crippen LogP contribution in [0.25, 0.3) is 0 Å². The molecule has 0 aromatic heterocycles. The van der Waals surface area contributed by atoms with Crippen molar-refractivity contribution in [1.29, 1.82) is 0 Å². The van der Waals surface area contributed by atoms with Gasteiger partial charge in [-0.25, -0.2) is 0 Å². The Morgan fingerprint density at radius 2 is 2.11 bits per heavy atom. The van der Waals surface area contributed by atoms with Gasteiger partial charge < -0.3 is 15.5 Å². The number of amides is 1. The molecule has 0 saturated carbocycles. The quantitative estimate of drug-likeness (QED) is 0.687. The summed E-state index contributed by atoms with van der Waals surface area (Å²) in [4.78, 5) is 16.3. The number of carbonyl (C=O) groups excluding carboxylic acids is 1. The molecule has 1 aliphatic heterocycles. The van der Waals surface area contributed by atoms with E-state index in [0.717, 1.165) is 32.6 Å². The zero-order valence-corrected chi connectivity index (χ0v) is 12.2. The summed E-state index contributed by atoms with van der Waals surface area (Å²) in [5, 5.41) is 6.22. The molecule has 1 saturated heterocycles. The van der Waals surface area contributed by atoms with Crippen LogP contribution in [-0.4, -0.2) is 74.6 Å².